The second-order valence-electron chi connectivity index (χ2n) is 1.45. The number of aliphatic hydroxyl groups is 1. The molecule has 0 heterocycles. The molecule has 0 amide bonds. The van der Waals surface area contributed by atoms with Crippen molar-refractivity contribution >= 4 is 23.7 Å². The molecule has 0 rings (SSSR count). The van der Waals surface area contributed by atoms with Gasteiger partial charge in [-0.3, -0.25) is 4.79 Å². The Morgan fingerprint density at radius 1 is 1.55 bits per heavy atom. The molecule has 0 aliphatic carbocycles. The molecule has 1 atom stereocenters. The maximum Gasteiger partial charge on any atom is 1.00 e. The fraction of sp³-hybridized carbons (Fsp3) is 0.500. The topological polar surface area (TPSA) is 74.6 Å². The molecule has 0 aliphatic heterocycles. The predicted molar refractivity (Wildman–Crippen MR) is 33.4 cm³/mol. The number of carboxylic acids is 1. The molecule has 2 N–H and O–H groups in total. The molecule has 0 aromatic carbocycles. The SMILES string of the molecule is O=C(S)CC(O)C(=O)O.[Au].[H-].[K+]. The third kappa shape index (κ3) is 11.8. The van der Waals surface area contributed by atoms with Crippen molar-refractivity contribution in [2.45, 2.75) is 12.5 Å². The average molecular weight is 387 g/mol. The standard InChI is InChI=1S/C4H6O4S.Au.K.H/c5-2(4(7)8)1-3(6)9;;;/h2,5H,1H2,(H,6,9)(H,7,8);;;/q;;+1;-1. The van der Waals surface area contributed by atoms with Crippen molar-refractivity contribution < 1.29 is 95.0 Å². The van der Waals surface area contributed by atoms with Gasteiger partial charge in [0.15, 0.2) is 11.2 Å². The van der Waals surface area contributed by atoms with E-state index in [0.29, 0.717) is 0 Å². The van der Waals surface area contributed by atoms with E-state index < -0.39 is 23.6 Å². The minimum absolute atomic E-state index is 0. The monoisotopic (exact) mass is 387 g/mol. The van der Waals surface area contributed by atoms with Crippen LogP contribution in [0.3, 0.4) is 0 Å². The molecule has 11 heavy (non-hydrogen) atoms. The Morgan fingerprint density at radius 3 is 2.00 bits per heavy atom. The van der Waals surface area contributed by atoms with E-state index in [0.717, 1.165) is 0 Å². The smallest absolute Gasteiger partial charge is 1.00 e. The predicted octanol–water partition coefficient (Wildman–Crippen LogP) is -3.61. The van der Waals surface area contributed by atoms with Gasteiger partial charge >= 0.3 is 57.4 Å². The first-order chi connectivity index (χ1) is 4.04. The van der Waals surface area contributed by atoms with Gasteiger partial charge in [-0.25, -0.2) is 4.79 Å². The van der Waals surface area contributed by atoms with Crippen LogP contribution in [0.5, 0.6) is 0 Å². The van der Waals surface area contributed by atoms with E-state index in [9.17, 15) is 9.59 Å². The number of thiol groups is 1. The van der Waals surface area contributed by atoms with Crippen molar-refractivity contribution in [2.24, 2.45) is 0 Å². The first kappa shape index (κ1) is 18.6. The molecular formula is C4H7AuKO4S. The first-order valence-corrected chi connectivity index (χ1v) is 2.61. The maximum atomic E-state index is 10.00. The number of carbonyl (C=O) groups excluding carboxylic acids is 1. The Morgan fingerprint density at radius 2 is 1.91 bits per heavy atom. The van der Waals surface area contributed by atoms with Crippen molar-refractivity contribution in [3.8, 4) is 0 Å². The van der Waals surface area contributed by atoms with Gasteiger partial charge in [-0.05, 0) is 0 Å². The summed E-state index contributed by atoms with van der Waals surface area (Å²) in [5.41, 5.74) is 0. The van der Waals surface area contributed by atoms with Gasteiger partial charge in [-0.2, -0.15) is 0 Å². The number of hydrogen-bond donors (Lipinski definition) is 3. The molecule has 0 aromatic rings. The Balaban J connectivity index is -0.000000107. The third-order valence-corrected chi connectivity index (χ3v) is 0.836. The van der Waals surface area contributed by atoms with E-state index in [2.05, 4.69) is 12.6 Å². The largest absolute Gasteiger partial charge is 1.00 e. The van der Waals surface area contributed by atoms with Crippen LogP contribution in [0.15, 0.2) is 0 Å². The molecular weight excluding hydrogens is 380 g/mol. The third-order valence-electron chi connectivity index (χ3n) is 0.653. The van der Waals surface area contributed by atoms with Crippen LogP contribution in [0, 0.1) is 0 Å². The van der Waals surface area contributed by atoms with E-state index in [1.165, 1.54) is 0 Å². The summed E-state index contributed by atoms with van der Waals surface area (Å²) in [6.45, 7) is 0. The zero-order valence-corrected chi connectivity index (χ0v) is 11.9. The van der Waals surface area contributed by atoms with Crippen LogP contribution in [0.4, 0.5) is 0 Å². The molecule has 4 nitrogen and oxygen atoms in total. The quantitative estimate of drug-likeness (QED) is 0.346. The van der Waals surface area contributed by atoms with E-state index in [1.54, 1.807) is 0 Å². The average Bonchev–Trinajstić information content (AvgIpc) is 1.63. The molecule has 0 saturated carbocycles. The molecule has 65 valence electrons. The molecule has 0 aromatic heterocycles. The number of aliphatic carboxylic acids is 1. The summed E-state index contributed by atoms with van der Waals surface area (Å²) in [6, 6.07) is 0. The van der Waals surface area contributed by atoms with Crippen molar-refractivity contribution in [3.63, 3.8) is 0 Å². The van der Waals surface area contributed by atoms with Crippen LogP contribution >= 0.6 is 12.6 Å². The second kappa shape index (κ2) is 9.91. The van der Waals surface area contributed by atoms with E-state index in [1.807, 2.05) is 0 Å². The van der Waals surface area contributed by atoms with Gasteiger partial charge in [-0.1, -0.05) is 0 Å². The molecule has 0 spiro atoms. The Kier molecular flexibility index (Phi) is 16.7. The zero-order chi connectivity index (χ0) is 7.44. The molecule has 0 bridgehead atoms. The van der Waals surface area contributed by atoms with Crippen LogP contribution in [-0.2, 0) is 32.0 Å². The van der Waals surface area contributed by atoms with Gasteiger partial charge in [0.2, 0.25) is 0 Å². The van der Waals surface area contributed by atoms with Gasteiger partial charge in [0.1, 0.15) is 0 Å². The van der Waals surface area contributed by atoms with Crippen LogP contribution < -0.4 is 51.4 Å². The van der Waals surface area contributed by atoms with Gasteiger partial charge in [0.05, 0.1) is 6.42 Å². The molecule has 1 radical (unpaired) electrons. The van der Waals surface area contributed by atoms with Gasteiger partial charge in [0, 0.05) is 22.4 Å². The summed E-state index contributed by atoms with van der Waals surface area (Å²) >= 11 is 3.27. The van der Waals surface area contributed by atoms with Crippen molar-refractivity contribution in [2.75, 3.05) is 0 Å². The summed E-state index contributed by atoms with van der Waals surface area (Å²) < 4.78 is 0. The molecule has 0 aliphatic rings. The van der Waals surface area contributed by atoms with Crippen molar-refractivity contribution in [3.05, 3.63) is 0 Å². The van der Waals surface area contributed by atoms with Crippen LogP contribution in [-0.4, -0.2) is 27.4 Å². The summed E-state index contributed by atoms with van der Waals surface area (Å²) in [6.07, 6.45) is -2.06. The summed E-state index contributed by atoms with van der Waals surface area (Å²) in [5.74, 6) is -1.41. The normalized spacial score (nSPS) is 10.4. The number of carboxylic acid groups (broad SMARTS) is 1. The number of carbonyl (C=O) groups is 2. The second-order valence-corrected chi connectivity index (χ2v) is 1.95. The molecule has 1 unspecified atom stereocenters. The van der Waals surface area contributed by atoms with E-state index in [4.69, 9.17) is 10.2 Å². The number of hydrogen-bond acceptors (Lipinski definition) is 3. The van der Waals surface area contributed by atoms with Crippen LogP contribution in [0.1, 0.15) is 7.85 Å². The van der Waals surface area contributed by atoms with Crippen LogP contribution in [0.25, 0.3) is 0 Å². The first-order valence-electron chi connectivity index (χ1n) is 2.16. The number of aliphatic hydroxyl groups excluding tert-OH is 1. The zero-order valence-electron chi connectivity index (χ0n) is 6.74. The number of rotatable bonds is 3. The van der Waals surface area contributed by atoms with Crippen LogP contribution in [0.2, 0.25) is 0 Å². The van der Waals surface area contributed by atoms with Crippen molar-refractivity contribution in [1.82, 2.24) is 0 Å². The van der Waals surface area contributed by atoms with Gasteiger partial charge < -0.3 is 11.6 Å². The van der Waals surface area contributed by atoms with Gasteiger partial charge in [-0.15, -0.1) is 12.6 Å². The Hall–Kier alpha value is 1.83. The Bertz CT molecular complexity index is 147. The minimum atomic E-state index is -1.62. The summed E-state index contributed by atoms with van der Waals surface area (Å²) in [4.78, 5) is 19.8. The fourth-order valence-corrected chi connectivity index (χ4v) is 0.426. The minimum Gasteiger partial charge on any atom is -1.00 e. The molecule has 0 saturated heterocycles. The maximum absolute atomic E-state index is 10.00. The fourth-order valence-electron chi connectivity index (χ4n) is 0.253. The molecule has 0 fully saturated rings. The Labute approximate surface area is 129 Å². The van der Waals surface area contributed by atoms with Gasteiger partial charge in [0.25, 0.3) is 0 Å². The van der Waals surface area contributed by atoms with E-state index in [-0.39, 0.29) is 75.2 Å². The van der Waals surface area contributed by atoms with E-state index >= 15 is 0 Å². The van der Waals surface area contributed by atoms with Crippen molar-refractivity contribution in [1.29, 1.82) is 0 Å². The summed E-state index contributed by atoms with van der Waals surface area (Å²) in [5, 5.41) is 15.8. The summed E-state index contributed by atoms with van der Waals surface area (Å²) in [7, 11) is 0. The molecule has 7 heteroatoms.